The summed E-state index contributed by atoms with van der Waals surface area (Å²) < 4.78 is 0. The number of hydrogen-bond donors (Lipinski definition) is 1. The average Bonchev–Trinajstić information content (AvgIpc) is 2.41. The maximum Gasteiger partial charge on any atom is 0.306 e. The van der Waals surface area contributed by atoms with Crippen molar-refractivity contribution in [2.24, 2.45) is 23.2 Å². The molecular formula is C19H36O2. The van der Waals surface area contributed by atoms with Crippen LogP contribution in [0.25, 0.3) is 0 Å². The molecule has 1 fully saturated rings. The highest BCUT2D eigenvalue weighted by Crippen LogP contribution is 2.44. The van der Waals surface area contributed by atoms with Crippen LogP contribution in [0.5, 0.6) is 0 Å². The second kappa shape index (κ2) is 8.80. The van der Waals surface area contributed by atoms with Gasteiger partial charge in [0.05, 0.1) is 5.92 Å². The third-order valence-corrected chi connectivity index (χ3v) is 5.45. The summed E-state index contributed by atoms with van der Waals surface area (Å²) in [4.78, 5) is 11.5. The molecule has 0 saturated heterocycles. The summed E-state index contributed by atoms with van der Waals surface area (Å²) in [5.74, 6) is 0.461. The fraction of sp³-hybridized carbons (Fsp3) is 0.947. The predicted molar refractivity (Wildman–Crippen MR) is 89.4 cm³/mol. The lowest BCUT2D eigenvalue weighted by molar-refractivity contribution is -0.146. The van der Waals surface area contributed by atoms with Crippen molar-refractivity contribution in [1.82, 2.24) is 0 Å². The van der Waals surface area contributed by atoms with Crippen LogP contribution in [0, 0.1) is 23.2 Å². The van der Waals surface area contributed by atoms with E-state index in [0.29, 0.717) is 17.3 Å². The van der Waals surface area contributed by atoms with E-state index in [4.69, 9.17) is 0 Å². The first kappa shape index (κ1) is 18.5. The van der Waals surface area contributed by atoms with Crippen molar-refractivity contribution in [2.45, 2.75) is 91.9 Å². The van der Waals surface area contributed by atoms with Gasteiger partial charge in [0.1, 0.15) is 0 Å². The molecule has 2 nitrogen and oxygen atoms in total. The molecule has 1 N–H and O–H groups in total. The van der Waals surface area contributed by atoms with Crippen LogP contribution in [0.2, 0.25) is 0 Å². The summed E-state index contributed by atoms with van der Waals surface area (Å²) in [6, 6.07) is 0. The minimum atomic E-state index is -0.557. The van der Waals surface area contributed by atoms with Crippen LogP contribution in [0.15, 0.2) is 0 Å². The number of aliphatic carboxylic acids is 1. The Labute approximate surface area is 131 Å². The highest BCUT2D eigenvalue weighted by atomic mass is 16.4. The SMILES string of the molecule is CCCCCCCCC1CC(C(C)(C)C)CCC1C(=O)O. The number of rotatable bonds is 8. The molecular weight excluding hydrogens is 260 g/mol. The van der Waals surface area contributed by atoms with E-state index < -0.39 is 5.97 Å². The summed E-state index contributed by atoms with van der Waals surface area (Å²) in [5.41, 5.74) is 0.322. The molecule has 0 spiro atoms. The maximum absolute atomic E-state index is 11.5. The largest absolute Gasteiger partial charge is 0.481 e. The molecule has 2 heteroatoms. The zero-order valence-electron chi connectivity index (χ0n) is 14.7. The first-order valence-corrected chi connectivity index (χ1v) is 9.09. The van der Waals surface area contributed by atoms with Crippen LogP contribution in [0.4, 0.5) is 0 Å². The molecule has 0 aromatic rings. The Morgan fingerprint density at radius 3 is 2.24 bits per heavy atom. The maximum atomic E-state index is 11.5. The van der Waals surface area contributed by atoms with E-state index in [1.54, 1.807) is 0 Å². The molecule has 1 rings (SSSR count). The second-order valence-electron chi connectivity index (χ2n) is 8.14. The second-order valence-corrected chi connectivity index (χ2v) is 8.14. The van der Waals surface area contributed by atoms with Gasteiger partial charge in [-0.2, -0.15) is 0 Å². The number of hydrogen-bond acceptors (Lipinski definition) is 1. The van der Waals surface area contributed by atoms with E-state index in [2.05, 4.69) is 27.7 Å². The number of carboxylic acids is 1. The summed E-state index contributed by atoms with van der Waals surface area (Å²) >= 11 is 0. The fourth-order valence-corrected chi connectivity index (χ4v) is 3.88. The highest BCUT2D eigenvalue weighted by Gasteiger charge is 2.38. The normalized spacial score (nSPS) is 26.8. The molecule has 0 bridgehead atoms. The quantitative estimate of drug-likeness (QED) is 0.566. The van der Waals surface area contributed by atoms with Crippen molar-refractivity contribution < 1.29 is 9.90 Å². The van der Waals surface area contributed by atoms with Crippen LogP contribution < -0.4 is 0 Å². The summed E-state index contributed by atoms with van der Waals surface area (Å²) in [6.45, 7) is 9.16. The molecule has 0 aromatic carbocycles. The molecule has 0 radical (unpaired) electrons. The monoisotopic (exact) mass is 296 g/mol. The standard InChI is InChI=1S/C19H36O2/c1-5-6-7-8-9-10-11-15-14-16(19(2,3)4)12-13-17(15)18(20)21/h15-17H,5-14H2,1-4H3,(H,20,21). The van der Waals surface area contributed by atoms with E-state index in [9.17, 15) is 9.90 Å². The predicted octanol–water partition coefficient (Wildman–Crippen LogP) is 5.90. The molecule has 0 heterocycles. The molecule has 1 saturated carbocycles. The molecule has 1 aliphatic rings. The van der Waals surface area contributed by atoms with Gasteiger partial charge >= 0.3 is 5.97 Å². The molecule has 3 atom stereocenters. The molecule has 124 valence electrons. The Morgan fingerprint density at radius 2 is 1.67 bits per heavy atom. The van der Waals surface area contributed by atoms with E-state index >= 15 is 0 Å². The lowest BCUT2D eigenvalue weighted by Gasteiger charge is -2.40. The molecule has 1 aliphatic carbocycles. The minimum absolute atomic E-state index is 0.0840. The lowest BCUT2D eigenvalue weighted by atomic mass is 9.64. The van der Waals surface area contributed by atoms with E-state index in [0.717, 1.165) is 25.7 Å². The average molecular weight is 296 g/mol. The Bertz CT molecular complexity index is 303. The zero-order chi connectivity index (χ0) is 15.9. The van der Waals surface area contributed by atoms with Gasteiger partial charge in [0.2, 0.25) is 0 Å². The van der Waals surface area contributed by atoms with Crippen molar-refractivity contribution in [3.8, 4) is 0 Å². The summed E-state index contributed by atoms with van der Waals surface area (Å²) in [6.07, 6.45) is 12.0. The van der Waals surface area contributed by atoms with Crippen LogP contribution in [0.3, 0.4) is 0 Å². The van der Waals surface area contributed by atoms with Crippen molar-refractivity contribution in [3.05, 3.63) is 0 Å². The molecule has 0 amide bonds. The van der Waals surface area contributed by atoms with E-state index in [1.807, 2.05) is 0 Å². The van der Waals surface area contributed by atoms with Gasteiger partial charge in [0.25, 0.3) is 0 Å². The summed E-state index contributed by atoms with van der Waals surface area (Å²) in [5, 5.41) is 9.47. The third-order valence-electron chi connectivity index (χ3n) is 5.45. The first-order chi connectivity index (χ1) is 9.86. The van der Waals surface area contributed by atoms with Gasteiger partial charge in [-0.1, -0.05) is 66.2 Å². The van der Waals surface area contributed by atoms with E-state index in [1.165, 1.54) is 38.5 Å². The Hall–Kier alpha value is -0.530. The van der Waals surface area contributed by atoms with E-state index in [-0.39, 0.29) is 5.92 Å². The molecule has 3 unspecified atom stereocenters. The number of unbranched alkanes of at least 4 members (excludes halogenated alkanes) is 5. The van der Waals surface area contributed by atoms with Gasteiger partial charge < -0.3 is 5.11 Å². The van der Waals surface area contributed by atoms with Crippen molar-refractivity contribution in [2.75, 3.05) is 0 Å². The lowest BCUT2D eigenvalue weighted by Crippen LogP contribution is -2.35. The van der Waals surface area contributed by atoms with Crippen LogP contribution >= 0.6 is 0 Å². The highest BCUT2D eigenvalue weighted by molar-refractivity contribution is 5.70. The Morgan fingerprint density at radius 1 is 1.05 bits per heavy atom. The smallest absolute Gasteiger partial charge is 0.306 e. The van der Waals surface area contributed by atoms with Crippen molar-refractivity contribution >= 4 is 5.97 Å². The number of carbonyl (C=O) groups is 1. The Balaban J connectivity index is 2.42. The van der Waals surface area contributed by atoms with Crippen molar-refractivity contribution in [1.29, 1.82) is 0 Å². The first-order valence-electron chi connectivity index (χ1n) is 9.09. The molecule has 0 aromatic heterocycles. The van der Waals surface area contributed by atoms with Gasteiger partial charge in [-0.25, -0.2) is 0 Å². The Kier molecular flexibility index (Phi) is 7.76. The van der Waals surface area contributed by atoms with Crippen molar-refractivity contribution in [3.63, 3.8) is 0 Å². The third kappa shape index (κ3) is 6.40. The van der Waals surface area contributed by atoms with Gasteiger partial charge in [0, 0.05) is 0 Å². The van der Waals surface area contributed by atoms with Gasteiger partial charge in [-0.05, 0) is 42.9 Å². The molecule has 0 aliphatic heterocycles. The van der Waals surface area contributed by atoms with Crippen LogP contribution in [-0.4, -0.2) is 11.1 Å². The van der Waals surface area contributed by atoms with Crippen LogP contribution in [0.1, 0.15) is 91.9 Å². The van der Waals surface area contributed by atoms with Crippen LogP contribution in [-0.2, 0) is 4.79 Å². The van der Waals surface area contributed by atoms with Gasteiger partial charge in [0.15, 0.2) is 0 Å². The minimum Gasteiger partial charge on any atom is -0.481 e. The zero-order valence-corrected chi connectivity index (χ0v) is 14.7. The molecule has 21 heavy (non-hydrogen) atoms. The number of carboxylic acid groups (broad SMARTS) is 1. The van der Waals surface area contributed by atoms with Gasteiger partial charge in [-0.3, -0.25) is 4.79 Å². The summed E-state index contributed by atoms with van der Waals surface area (Å²) in [7, 11) is 0. The fourth-order valence-electron chi connectivity index (χ4n) is 3.88. The van der Waals surface area contributed by atoms with Gasteiger partial charge in [-0.15, -0.1) is 0 Å². The topological polar surface area (TPSA) is 37.3 Å².